The van der Waals surface area contributed by atoms with Gasteiger partial charge in [-0.2, -0.15) is 0 Å². The van der Waals surface area contributed by atoms with Crippen molar-refractivity contribution in [3.63, 3.8) is 0 Å². The summed E-state index contributed by atoms with van der Waals surface area (Å²) in [5.41, 5.74) is 4.98. The van der Waals surface area contributed by atoms with Crippen molar-refractivity contribution < 1.29 is 5.11 Å². The molecule has 2 unspecified atom stereocenters. The van der Waals surface area contributed by atoms with Crippen molar-refractivity contribution in [2.75, 3.05) is 19.6 Å². The molecule has 1 aliphatic rings. The van der Waals surface area contributed by atoms with Gasteiger partial charge in [0.1, 0.15) is 0 Å². The monoisotopic (exact) mass is 172 g/mol. The molecule has 0 aromatic heterocycles. The summed E-state index contributed by atoms with van der Waals surface area (Å²) in [4.78, 5) is 0. The Morgan fingerprint density at radius 1 is 1.67 bits per heavy atom. The van der Waals surface area contributed by atoms with Crippen LogP contribution in [0.25, 0.3) is 0 Å². The molecule has 72 valence electrons. The molecule has 0 aliphatic carbocycles. The lowest BCUT2D eigenvalue weighted by atomic mass is 9.71. The molecule has 0 bridgehead atoms. The van der Waals surface area contributed by atoms with E-state index in [1.807, 2.05) is 0 Å². The van der Waals surface area contributed by atoms with Crippen molar-refractivity contribution >= 4 is 0 Å². The van der Waals surface area contributed by atoms with Crippen LogP contribution in [0.1, 0.15) is 26.7 Å². The number of nitrogens with two attached hydrogens (primary N) is 1. The topological polar surface area (TPSA) is 58.3 Å². The first-order valence-electron chi connectivity index (χ1n) is 4.71. The summed E-state index contributed by atoms with van der Waals surface area (Å²) < 4.78 is 0. The minimum Gasteiger partial charge on any atom is -0.388 e. The van der Waals surface area contributed by atoms with E-state index in [4.69, 9.17) is 5.73 Å². The van der Waals surface area contributed by atoms with Crippen LogP contribution in [0, 0.1) is 5.41 Å². The first-order chi connectivity index (χ1) is 5.58. The SMILES string of the molecule is CCC(C)(CN)C1(O)CCNC1. The van der Waals surface area contributed by atoms with Crippen LogP contribution < -0.4 is 11.1 Å². The van der Waals surface area contributed by atoms with Gasteiger partial charge in [0.05, 0.1) is 5.60 Å². The summed E-state index contributed by atoms with van der Waals surface area (Å²) in [7, 11) is 0. The average molecular weight is 172 g/mol. The molecule has 1 saturated heterocycles. The molecule has 0 saturated carbocycles. The van der Waals surface area contributed by atoms with Crippen LogP contribution in [-0.2, 0) is 0 Å². The molecular formula is C9H20N2O. The Balaban J connectivity index is 2.75. The molecule has 12 heavy (non-hydrogen) atoms. The zero-order valence-electron chi connectivity index (χ0n) is 8.06. The third-order valence-corrected chi connectivity index (χ3v) is 3.49. The number of nitrogens with one attached hydrogen (secondary N) is 1. The molecular weight excluding hydrogens is 152 g/mol. The summed E-state index contributed by atoms with van der Waals surface area (Å²) in [5.74, 6) is 0. The normalized spacial score (nSPS) is 35.0. The number of hydrogen-bond acceptors (Lipinski definition) is 3. The second-order valence-corrected chi connectivity index (χ2v) is 4.08. The van der Waals surface area contributed by atoms with Gasteiger partial charge in [-0.05, 0) is 19.4 Å². The molecule has 3 heteroatoms. The van der Waals surface area contributed by atoms with E-state index in [-0.39, 0.29) is 5.41 Å². The maximum absolute atomic E-state index is 10.3. The van der Waals surface area contributed by atoms with Crippen LogP contribution >= 0.6 is 0 Å². The molecule has 2 atom stereocenters. The first kappa shape index (κ1) is 9.96. The number of aliphatic hydroxyl groups is 1. The lowest BCUT2D eigenvalue weighted by molar-refractivity contribution is -0.0568. The fourth-order valence-electron chi connectivity index (χ4n) is 1.86. The third-order valence-electron chi connectivity index (χ3n) is 3.49. The summed E-state index contributed by atoms with van der Waals surface area (Å²) >= 11 is 0. The van der Waals surface area contributed by atoms with Gasteiger partial charge < -0.3 is 16.2 Å². The molecule has 0 spiro atoms. The Hall–Kier alpha value is -0.120. The predicted octanol–water partition coefficient (Wildman–Crippen LogP) is 0.0858. The van der Waals surface area contributed by atoms with Crippen LogP contribution in [0.5, 0.6) is 0 Å². The Morgan fingerprint density at radius 3 is 2.67 bits per heavy atom. The minimum atomic E-state index is -0.587. The van der Waals surface area contributed by atoms with Gasteiger partial charge in [-0.15, -0.1) is 0 Å². The van der Waals surface area contributed by atoms with Crippen molar-refractivity contribution in [2.45, 2.75) is 32.3 Å². The predicted molar refractivity (Wildman–Crippen MR) is 49.9 cm³/mol. The first-order valence-corrected chi connectivity index (χ1v) is 4.71. The smallest absolute Gasteiger partial charge is 0.0848 e. The quantitative estimate of drug-likeness (QED) is 0.565. The van der Waals surface area contributed by atoms with E-state index in [1.54, 1.807) is 0 Å². The van der Waals surface area contributed by atoms with Crippen molar-refractivity contribution in [3.05, 3.63) is 0 Å². The fraction of sp³-hybridized carbons (Fsp3) is 1.00. The Bertz CT molecular complexity index is 147. The average Bonchev–Trinajstić information content (AvgIpc) is 2.52. The van der Waals surface area contributed by atoms with Gasteiger partial charge in [-0.3, -0.25) is 0 Å². The molecule has 0 radical (unpaired) electrons. The standard InChI is InChI=1S/C9H20N2O/c1-3-8(2,6-10)9(12)4-5-11-7-9/h11-12H,3-7,10H2,1-2H3. The van der Waals surface area contributed by atoms with Gasteiger partial charge in [0.2, 0.25) is 0 Å². The zero-order valence-corrected chi connectivity index (χ0v) is 8.06. The summed E-state index contributed by atoms with van der Waals surface area (Å²) in [6.07, 6.45) is 1.76. The van der Waals surface area contributed by atoms with E-state index in [0.717, 1.165) is 19.4 Å². The van der Waals surface area contributed by atoms with E-state index in [2.05, 4.69) is 19.2 Å². The molecule has 0 aromatic carbocycles. The van der Waals surface area contributed by atoms with Crippen molar-refractivity contribution in [1.29, 1.82) is 0 Å². The Labute approximate surface area is 74.3 Å². The lowest BCUT2D eigenvalue weighted by Crippen LogP contribution is -2.51. The molecule has 1 fully saturated rings. The second kappa shape index (κ2) is 3.32. The highest BCUT2D eigenvalue weighted by atomic mass is 16.3. The van der Waals surface area contributed by atoms with Crippen LogP contribution in [0.4, 0.5) is 0 Å². The molecule has 1 heterocycles. The molecule has 4 N–H and O–H groups in total. The molecule has 3 nitrogen and oxygen atoms in total. The largest absolute Gasteiger partial charge is 0.388 e. The van der Waals surface area contributed by atoms with Crippen LogP contribution in [-0.4, -0.2) is 30.3 Å². The highest BCUT2D eigenvalue weighted by Gasteiger charge is 2.46. The van der Waals surface area contributed by atoms with Gasteiger partial charge in [0.25, 0.3) is 0 Å². The van der Waals surface area contributed by atoms with Crippen molar-refractivity contribution in [3.8, 4) is 0 Å². The van der Waals surface area contributed by atoms with Crippen LogP contribution in [0.2, 0.25) is 0 Å². The van der Waals surface area contributed by atoms with E-state index >= 15 is 0 Å². The highest BCUT2D eigenvalue weighted by Crippen LogP contribution is 2.37. The summed E-state index contributed by atoms with van der Waals surface area (Å²) in [6, 6.07) is 0. The highest BCUT2D eigenvalue weighted by molar-refractivity contribution is 5.01. The third kappa shape index (κ3) is 1.37. The Morgan fingerprint density at radius 2 is 2.33 bits per heavy atom. The van der Waals surface area contributed by atoms with Gasteiger partial charge in [-0.25, -0.2) is 0 Å². The molecule has 0 aromatic rings. The van der Waals surface area contributed by atoms with Crippen molar-refractivity contribution in [2.24, 2.45) is 11.1 Å². The minimum absolute atomic E-state index is 0.128. The maximum atomic E-state index is 10.3. The van der Waals surface area contributed by atoms with Crippen molar-refractivity contribution in [1.82, 2.24) is 5.32 Å². The van der Waals surface area contributed by atoms with Crippen LogP contribution in [0.15, 0.2) is 0 Å². The van der Waals surface area contributed by atoms with E-state index in [1.165, 1.54) is 0 Å². The zero-order chi connectivity index (χ0) is 9.24. The lowest BCUT2D eigenvalue weighted by Gasteiger charge is -2.41. The second-order valence-electron chi connectivity index (χ2n) is 4.08. The van der Waals surface area contributed by atoms with E-state index < -0.39 is 5.60 Å². The van der Waals surface area contributed by atoms with Gasteiger partial charge in [-0.1, -0.05) is 13.8 Å². The Kier molecular flexibility index (Phi) is 2.76. The molecule has 0 amide bonds. The summed E-state index contributed by atoms with van der Waals surface area (Å²) in [6.45, 7) is 6.31. The molecule has 1 rings (SSSR count). The van der Waals surface area contributed by atoms with Gasteiger partial charge >= 0.3 is 0 Å². The van der Waals surface area contributed by atoms with Crippen LogP contribution in [0.3, 0.4) is 0 Å². The fourth-order valence-corrected chi connectivity index (χ4v) is 1.86. The van der Waals surface area contributed by atoms with E-state index in [9.17, 15) is 5.11 Å². The van der Waals surface area contributed by atoms with E-state index in [0.29, 0.717) is 13.1 Å². The van der Waals surface area contributed by atoms with Gasteiger partial charge in [0, 0.05) is 18.5 Å². The summed E-state index contributed by atoms with van der Waals surface area (Å²) in [5, 5.41) is 13.4. The maximum Gasteiger partial charge on any atom is 0.0848 e. The number of β-amino-alcohol motifs (C(OH)–C–C–N with tert-alkyl or cyclic N) is 1. The van der Waals surface area contributed by atoms with Gasteiger partial charge in [0.15, 0.2) is 0 Å². The number of rotatable bonds is 3. The number of hydrogen-bond donors (Lipinski definition) is 3. The molecule has 1 aliphatic heterocycles.